The lowest BCUT2D eigenvalue weighted by molar-refractivity contribution is 0.407. The Bertz CT molecular complexity index is 536. The van der Waals surface area contributed by atoms with Crippen molar-refractivity contribution in [2.75, 3.05) is 11.8 Å². The minimum Gasteiger partial charge on any atom is -0.496 e. The monoisotopic (exact) mass is 265 g/mol. The molecule has 0 spiro atoms. The van der Waals surface area contributed by atoms with E-state index in [1.807, 2.05) is 6.92 Å². The predicted molar refractivity (Wildman–Crippen MR) is 69.2 cm³/mol. The van der Waals surface area contributed by atoms with Crippen molar-refractivity contribution in [1.29, 1.82) is 0 Å². The van der Waals surface area contributed by atoms with Gasteiger partial charge in [-0.15, -0.1) is 0 Å². The first-order valence-corrected chi connectivity index (χ1v) is 6.05. The molecular formula is C12H12FN3OS. The molecule has 4 nitrogen and oxygen atoms in total. The van der Waals surface area contributed by atoms with Gasteiger partial charge < -0.3 is 9.46 Å². The highest BCUT2D eigenvalue weighted by atomic mass is 32.2. The number of nitrogens with zero attached hydrogens (tertiary/aromatic N) is 2. The number of methoxy groups -OCH3 is 1. The van der Waals surface area contributed by atoms with Crippen LogP contribution in [0.4, 0.5) is 10.2 Å². The second kappa shape index (κ2) is 5.68. The van der Waals surface area contributed by atoms with Gasteiger partial charge in [-0.2, -0.15) is 0 Å². The highest BCUT2D eigenvalue weighted by Gasteiger charge is 2.08. The molecule has 0 aliphatic rings. The highest BCUT2D eigenvalue weighted by molar-refractivity contribution is 8.00. The molecule has 2 aromatic rings. The van der Waals surface area contributed by atoms with E-state index in [0.717, 1.165) is 17.5 Å². The normalized spacial score (nSPS) is 10.2. The number of anilines is 1. The predicted octanol–water partition coefficient (Wildman–Crippen LogP) is 3.05. The zero-order chi connectivity index (χ0) is 13.0. The van der Waals surface area contributed by atoms with Crippen LogP contribution in [0.3, 0.4) is 0 Å². The molecule has 0 aliphatic heterocycles. The molecule has 0 saturated heterocycles. The van der Waals surface area contributed by atoms with E-state index < -0.39 is 0 Å². The smallest absolute Gasteiger partial charge is 0.142 e. The molecule has 1 N–H and O–H groups in total. The number of nitrogens with one attached hydrogen (secondary N) is 1. The van der Waals surface area contributed by atoms with Crippen molar-refractivity contribution in [2.24, 2.45) is 0 Å². The number of hydrogen-bond donors (Lipinski definition) is 1. The van der Waals surface area contributed by atoms with Gasteiger partial charge in [-0.1, -0.05) is 0 Å². The molecule has 2 rings (SSSR count). The second-order valence-electron chi connectivity index (χ2n) is 3.55. The summed E-state index contributed by atoms with van der Waals surface area (Å²) in [7, 11) is 1.52. The van der Waals surface area contributed by atoms with E-state index in [1.165, 1.54) is 19.5 Å². The van der Waals surface area contributed by atoms with Crippen LogP contribution in [0.15, 0.2) is 35.6 Å². The van der Waals surface area contributed by atoms with Gasteiger partial charge in [0.15, 0.2) is 0 Å². The minimum atomic E-state index is -0.330. The first kappa shape index (κ1) is 12.6. The fourth-order valence-electron chi connectivity index (χ4n) is 1.39. The maximum Gasteiger partial charge on any atom is 0.142 e. The molecule has 0 bridgehead atoms. The van der Waals surface area contributed by atoms with Crippen LogP contribution in [0.5, 0.6) is 5.75 Å². The Morgan fingerprint density at radius 3 is 2.89 bits per heavy atom. The second-order valence-corrected chi connectivity index (χ2v) is 4.40. The van der Waals surface area contributed by atoms with Crippen LogP contribution in [0, 0.1) is 12.7 Å². The molecule has 6 heteroatoms. The molecule has 1 heterocycles. The van der Waals surface area contributed by atoms with E-state index in [-0.39, 0.29) is 5.82 Å². The van der Waals surface area contributed by atoms with E-state index in [4.69, 9.17) is 4.74 Å². The highest BCUT2D eigenvalue weighted by Crippen LogP contribution is 2.28. The number of aryl methyl sites for hydroxylation is 1. The van der Waals surface area contributed by atoms with Gasteiger partial charge in [-0.25, -0.2) is 14.4 Å². The van der Waals surface area contributed by atoms with Gasteiger partial charge in [0, 0.05) is 12.3 Å². The molecule has 0 atom stereocenters. The Balaban J connectivity index is 2.13. The Kier molecular flexibility index (Phi) is 3.99. The summed E-state index contributed by atoms with van der Waals surface area (Å²) in [6.07, 6.45) is 3.05. The van der Waals surface area contributed by atoms with Gasteiger partial charge in [0.2, 0.25) is 0 Å². The molecular weight excluding hydrogens is 253 g/mol. The van der Waals surface area contributed by atoms with Crippen molar-refractivity contribution < 1.29 is 9.13 Å². The molecule has 94 valence electrons. The number of ether oxygens (including phenoxy) is 1. The summed E-state index contributed by atoms with van der Waals surface area (Å²) in [5.41, 5.74) is 0.880. The fraction of sp³-hybridized carbons (Fsp3) is 0.167. The molecule has 1 aromatic carbocycles. The van der Waals surface area contributed by atoms with Crippen molar-refractivity contribution in [2.45, 2.75) is 11.8 Å². The third-order valence-corrected chi connectivity index (χ3v) is 3.14. The first-order chi connectivity index (χ1) is 8.70. The fourth-order valence-corrected chi connectivity index (χ4v) is 2.12. The van der Waals surface area contributed by atoms with Crippen molar-refractivity contribution >= 4 is 17.8 Å². The summed E-state index contributed by atoms with van der Waals surface area (Å²) in [6.45, 7) is 1.87. The van der Waals surface area contributed by atoms with E-state index >= 15 is 0 Å². The van der Waals surface area contributed by atoms with Gasteiger partial charge in [0.25, 0.3) is 0 Å². The third kappa shape index (κ3) is 2.89. The van der Waals surface area contributed by atoms with Crippen LogP contribution in [0.1, 0.15) is 5.56 Å². The number of rotatable bonds is 4. The van der Waals surface area contributed by atoms with E-state index in [1.54, 1.807) is 18.3 Å². The molecule has 0 amide bonds. The zero-order valence-electron chi connectivity index (χ0n) is 9.98. The Hall–Kier alpha value is -1.82. The lowest BCUT2D eigenvalue weighted by Crippen LogP contribution is -1.94. The van der Waals surface area contributed by atoms with Crippen molar-refractivity contribution in [3.63, 3.8) is 0 Å². The molecule has 0 radical (unpaired) electrons. The summed E-state index contributed by atoms with van der Waals surface area (Å²) in [6, 6.07) is 4.81. The van der Waals surface area contributed by atoms with Gasteiger partial charge in [-0.3, -0.25) is 0 Å². The molecule has 0 aliphatic carbocycles. The number of benzene rings is 1. The number of hydrogen-bond acceptors (Lipinski definition) is 5. The van der Waals surface area contributed by atoms with E-state index in [0.29, 0.717) is 16.5 Å². The van der Waals surface area contributed by atoms with Crippen LogP contribution < -0.4 is 9.46 Å². The summed E-state index contributed by atoms with van der Waals surface area (Å²) < 4.78 is 21.8. The van der Waals surface area contributed by atoms with Crippen LogP contribution in [0.2, 0.25) is 0 Å². The lowest BCUT2D eigenvalue weighted by atomic mass is 10.2. The third-order valence-electron chi connectivity index (χ3n) is 2.30. The standard InChI is InChI=1S/C12H12FN3OS/c1-8-5-11(9(13)6-10(8)17-2)18-16-12-3-4-14-7-15-12/h3-7H,1-2H3,(H,14,15,16). The quantitative estimate of drug-likeness (QED) is 0.861. The largest absolute Gasteiger partial charge is 0.496 e. The Morgan fingerprint density at radius 2 is 2.22 bits per heavy atom. The van der Waals surface area contributed by atoms with Crippen molar-refractivity contribution in [1.82, 2.24) is 9.97 Å². The molecule has 18 heavy (non-hydrogen) atoms. The summed E-state index contributed by atoms with van der Waals surface area (Å²) in [5, 5.41) is 0. The maximum atomic E-state index is 13.7. The number of aromatic nitrogens is 2. The average molecular weight is 265 g/mol. The average Bonchev–Trinajstić information content (AvgIpc) is 2.40. The zero-order valence-corrected chi connectivity index (χ0v) is 10.8. The van der Waals surface area contributed by atoms with Gasteiger partial charge in [0.05, 0.1) is 12.0 Å². The van der Waals surface area contributed by atoms with E-state index in [2.05, 4.69) is 14.7 Å². The molecule has 0 fully saturated rings. The Labute approximate surface area is 109 Å². The van der Waals surface area contributed by atoms with Gasteiger partial charge >= 0.3 is 0 Å². The van der Waals surface area contributed by atoms with E-state index in [9.17, 15) is 4.39 Å². The van der Waals surface area contributed by atoms with Gasteiger partial charge in [0.1, 0.15) is 23.7 Å². The summed E-state index contributed by atoms with van der Waals surface area (Å²) in [5.74, 6) is 0.839. The minimum absolute atomic E-state index is 0.330. The van der Waals surface area contributed by atoms with Gasteiger partial charge in [-0.05, 0) is 36.6 Å². The van der Waals surface area contributed by atoms with Crippen LogP contribution in [-0.4, -0.2) is 17.1 Å². The topological polar surface area (TPSA) is 47.0 Å². The van der Waals surface area contributed by atoms with Crippen molar-refractivity contribution in [3.8, 4) is 5.75 Å². The summed E-state index contributed by atoms with van der Waals surface area (Å²) in [4.78, 5) is 8.29. The number of halogens is 1. The van der Waals surface area contributed by atoms with Crippen LogP contribution in [0.25, 0.3) is 0 Å². The maximum absolute atomic E-state index is 13.7. The lowest BCUT2D eigenvalue weighted by Gasteiger charge is -2.09. The first-order valence-electron chi connectivity index (χ1n) is 5.23. The van der Waals surface area contributed by atoms with Crippen LogP contribution >= 0.6 is 11.9 Å². The SMILES string of the molecule is COc1cc(F)c(SNc2ccncn2)cc1C. The van der Waals surface area contributed by atoms with Crippen LogP contribution in [-0.2, 0) is 0 Å². The van der Waals surface area contributed by atoms with Crippen molar-refractivity contribution in [3.05, 3.63) is 42.1 Å². The molecule has 0 saturated carbocycles. The summed E-state index contributed by atoms with van der Waals surface area (Å²) >= 11 is 1.16. The molecule has 0 unspecified atom stereocenters. The molecule has 1 aromatic heterocycles. The Morgan fingerprint density at radius 1 is 1.39 bits per heavy atom.